The number of rotatable bonds is 6. The van der Waals surface area contributed by atoms with Crippen molar-refractivity contribution in [3.63, 3.8) is 0 Å². The van der Waals surface area contributed by atoms with Crippen molar-refractivity contribution in [1.29, 1.82) is 0 Å². The average molecular weight is 316 g/mol. The molecule has 0 heterocycles. The Hall–Kier alpha value is -1.03. The number of hydrogen-bond donors (Lipinski definition) is 2. The van der Waals surface area contributed by atoms with E-state index in [1.54, 1.807) is 24.3 Å². The smallest absolute Gasteiger partial charge is 0.244 e. The number of halogens is 2. The van der Waals surface area contributed by atoms with Gasteiger partial charge in [-0.25, -0.2) is 0 Å². The van der Waals surface area contributed by atoms with Crippen LogP contribution in [0.3, 0.4) is 0 Å². The summed E-state index contributed by atoms with van der Waals surface area (Å²) in [5.41, 5.74) is 0.679. The van der Waals surface area contributed by atoms with Gasteiger partial charge in [0.15, 0.2) is 0 Å². The summed E-state index contributed by atoms with van der Waals surface area (Å²) >= 11 is 11.9. The number of nitrogens with one attached hydrogen (secondary N) is 1. The van der Waals surface area contributed by atoms with Crippen molar-refractivity contribution >= 4 is 35.2 Å². The summed E-state index contributed by atoms with van der Waals surface area (Å²) in [4.78, 5) is 11.8. The Balaban J connectivity index is 2.65. The highest BCUT2D eigenvalue weighted by Gasteiger charge is 2.11. The Bertz CT molecular complexity index is 487. The molecule has 1 aromatic carbocycles. The molecule has 1 aromatic rings. The van der Waals surface area contributed by atoms with Gasteiger partial charge in [0, 0.05) is 16.1 Å². The molecule has 5 heteroatoms. The third-order valence-electron chi connectivity index (χ3n) is 2.70. The van der Waals surface area contributed by atoms with Crippen molar-refractivity contribution in [2.24, 2.45) is 5.92 Å². The van der Waals surface area contributed by atoms with E-state index in [4.69, 9.17) is 23.2 Å². The van der Waals surface area contributed by atoms with Gasteiger partial charge < -0.3 is 10.4 Å². The summed E-state index contributed by atoms with van der Waals surface area (Å²) in [5.74, 6) is 0.138. The first-order valence-electron chi connectivity index (χ1n) is 6.47. The number of amides is 1. The largest absolute Gasteiger partial charge is 0.394 e. The molecule has 0 aromatic heterocycles. The molecule has 110 valence electrons. The molecule has 1 unspecified atom stereocenters. The minimum Gasteiger partial charge on any atom is -0.394 e. The molecule has 0 aliphatic carbocycles. The van der Waals surface area contributed by atoms with Gasteiger partial charge in [-0.2, -0.15) is 0 Å². The minimum atomic E-state index is -0.263. The predicted octanol–water partition coefficient (Wildman–Crippen LogP) is 3.53. The fourth-order valence-corrected chi connectivity index (χ4v) is 2.17. The van der Waals surface area contributed by atoms with Crippen molar-refractivity contribution in [2.75, 3.05) is 6.61 Å². The second-order valence-corrected chi connectivity index (χ2v) is 5.86. The van der Waals surface area contributed by atoms with E-state index in [0.29, 0.717) is 21.5 Å². The van der Waals surface area contributed by atoms with Crippen LogP contribution in [-0.2, 0) is 4.79 Å². The third-order valence-corrected chi connectivity index (χ3v) is 3.27. The van der Waals surface area contributed by atoms with E-state index in [0.717, 1.165) is 6.42 Å². The maximum absolute atomic E-state index is 11.8. The molecule has 1 rings (SSSR count). The van der Waals surface area contributed by atoms with Gasteiger partial charge in [-0.15, -0.1) is 0 Å². The van der Waals surface area contributed by atoms with Crippen LogP contribution in [0, 0.1) is 5.92 Å². The molecule has 1 amide bonds. The highest BCUT2D eigenvalue weighted by molar-refractivity contribution is 6.34. The molecular weight excluding hydrogens is 297 g/mol. The minimum absolute atomic E-state index is 0.0737. The standard InChI is InChI=1S/C15H19Cl2NO2/c1-10(2)7-13(9-19)18-15(20)6-3-11-8-12(16)4-5-14(11)17/h3-6,8,10,13,19H,7,9H2,1-2H3,(H,18,20)/b6-3+. The van der Waals surface area contributed by atoms with Gasteiger partial charge in [0.1, 0.15) is 0 Å². The number of benzene rings is 1. The normalized spacial score (nSPS) is 12.9. The van der Waals surface area contributed by atoms with Crippen LogP contribution in [0.2, 0.25) is 10.0 Å². The van der Waals surface area contributed by atoms with Crippen LogP contribution in [0.4, 0.5) is 0 Å². The second kappa shape index (κ2) is 8.30. The number of hydrogen-bond acceptors (Lipinski definition) is 2. The van der Waals surface area contributed by atoms with E-state index < -0.39 is 0 Å². The van der Waals surface area contributed by atoms with Crippen molar-refractivity contribution in [3.05, 3.63) is 39.9 Å². The summed E-state index contributed by atoms with van der Waals surface area (Å²) in [6, 6.07) is 4.82. The topological polar surface area (TPSA) is 49.3 Å². The fraction of sp³-hybridized carbons (Fsp3) is 0.400. The Morgan fingerprint density at radius 2 is 2.10 bits per heavy atom. The van der Waals surface area contributed by atoms with Crippen LogP contribution >= 0.6 is 23.2 Å². The van der Waals surface area contributed by atoms with E-state index in [1.165, 1.54) is 6.08 Å². The van der Waals surface area contributed by atoms with Gasteiger partial charge >= 0.3 is 0 Å². The highest BCUT2D eigenvalue weighted by atomic mass is 35.5. The summed E-state index contributed by atoms with van der Waals surface area (Å²) in [7, 11) is 0. The Kier molecular flexibility index (Phi) is 7.06. The van der Waals surface area contributed by atoms with Gasteiger partial charge in [0.05, 0.1) is 12.6 Å². The van der Waals surface area contributed by atoms with Gasteiger partial charge in [-0.05, 0) is 42.2 Å². The molecule has 0 radical (unpaired) electrons. The van der Waals surface area contributed by atoms with Crippen molar-refractivity contribution in [3.8, 4) is 0 Å². The molecule has 0 saturated heterocycles. The second-order valence-electron chi connectivity index (χ2n) is 5.02. The van der Waals surface area contributed by atoms with Crippen molar-refractivity contribution in [2.45, 2.75) is 26.3 Å². The first kappa shape index (κ1) is 17.0. The average Bonchev–Trinajstić information content (AvgIpc) is 2.38. The van der Waals surface area contributed by atoms with Gasteiger partial charge in [-0.3, -0.25) is 4.79 Å². The predicted molar refractivity (Wildman–Crippen MR) is 84.0 cm³/mol. The first-order chi connectivity index (χ1) is 9.42. The lowest BCUT2D eigenvalue weighted by Gasteiger charge is -2.17. The summed E-state index contributed by atoms with van der Waals surface area (Å²) in [6.07, 6.45) is 3.72. The molecule has 0 aliphatic rings. The van der Waals surface area contributed by atoms with Crippen LogP contribution in [0.25, 0.3) is 6.08 Å². The zero-order valence-electron chi connectivity index (χ0n) is 11.6. The zero-order chi connectivity index (χ0) is 15.1. The van der Waals surface area contributed by atoms with Crippen molar-refractivity contribution in [1.82, 2.24) is 5.32 Å². The lowest BCUT2D eigenvalue weighted by molar-refractivity contribution is -0.117. The molecule has 0 saturated carbocycles. The molecular formula is C15H19Cl2NO2. The van der Waals surface area contributed by atoms with E-state index in [2.05, 4.69) is 5.32 Å². The Morgan fingerprint density at radius 1 is 1.40 bits per heavy atom. The molecule has 1 atom stereocenters. The lowest BCUT2D eigenvalue weighted by atomic mass is 10.0. The van der Waals surface area contributed by atoms with E-state index >= 15 is 0 Å². The monoisotopic (exact) mass is 315 g/mol. The molecule has 20 heavy (non-hydrogen) atoms. The SMILES string of the molecule is CC(C)CC(CO)NC(=O)/C=C/c1cc(Cl)ccc1Cl. The molecule has 3 nitrogen and oxygen atoms in total. The number of aliphatic hydroxyl groups excluding tert-OH is 1. The molecule has 0 spiro atoms. The number of aliphatic hydroxyl groups is 1. The maximum Gasteiger partial charge on any atom is 0.244 e. The Morgan fingerprint density at radius 3 is 2.70 bits per heavy atom. The number of carbonyl (C=O) groups is 1. The molecule has 0 bridgehead atoms. The summed E-state index contributed by atoms with van der Waals surface area (Å²) in [6.45, 7) is 4.00. The van der Waals surface area contributed by atoms with Gasteiger partial charge in [-0.1, -0.05) is 37.0 Å². The van der Waals surface area contributed by atoms with E-state index in [1.807, 2.05) is 13.8 Å². The van der Waals surface area contributed by atoms with Gasteiger partial charge in [0.2, 0.25) is 5.91 Å². The van der Waals surface area contributed by atoms with Crippen LogP contribution in [0.15, 0.2) is 24.3 Å². The molecule has 0 aliphatic heterocycles. The van der Waals surface area contributed by atoms with E-state index in [9.17, 15) is 9.90 Å². The highest BCUT2D eigenvalue weighted by Crippen LogP contribution is 2.21. The number of carbonyl (C=O) groups excluding carboxylic acids is 1. The van der Waals surface area contributed by atoms with Crippen LogP contribution in [0.1, 0.15) is 25.8 Å². The summed E-state index contributed by atoms with van der Waals surface area (Å²) < 4.78 is 0. The molecule has 2 N–H and O–H groups in total. The zero-order valence-corrected chi connectivity index (χ0v) is 13.1. The van der Waals surface area contributed by atoms with Crippen LogP contribution < -0.4 is 5.32 Å². The van der Waals surface area contributed by atoms with Crippen LogP contribution in [-0.4, -0.2) is 23.7 Å². The summed E-state index contributed by atoms with van der Waals surface area (Å²) in [5, 5.41) is 13.0. The van der Waals surface area contributed by atoms with Gasteiger partial charge in [0.25, 0.3) is 0 Å². The van der Waals surface area contributed by atoms with Crippen molar-refractivity contribution < 1.29 is 9.90 Å². The maximum atomic E-state index is 11.8. The van der Waals surface area contributed by atoms with Crippen LogP contribution in [0.5, 0.6) is 0 Å². The Labute approximate surface area is 129 Å². The lowest BCUT2D eigenvalue weighted by Crippen LogP contribution is -2.37. The molecule has 0 fully saturated rings. The van der Waals surface area contributed by atoms with E-state index in [-0.39, 0.29) is 18.6 Å². The fourth-order valence-electron chi connectivity index (χ4n) is 1.81. The third kappa shape index (κ3) is 5.95. The first-order valence-corrected chi connectivity index (χ1v) is 7.22. The quantitative estimate of drug-likeness (QED) is 0.789.